The molecule has 1 aliphatic heterocycles. The summed E-state index contributed by atoms with van der Waals surface area (Å²) in [6, 6.07) is 17.2. The number of aryl methyl sites for hydroxylation is 2. The molecule has 0 spiro atoms. The van der Waals surface area contributed by atoms with E-state index in [0.717, 1.165) is 17.0 Å². The summed E-state index contributed by atoms with van der Waals surface area (Å²) < 4.78 is 40.2. The monoisotopic (exact) mass is 440 g/mol. The maximum absolute atomic E-state index is 12.9. The van der Waals surface area contributed by atoms with E-state index in [0.29, 0.717) is 11.5 Å². The molecule has 7 nitrogen and oxygen atoms in total. The Bertz CT molecular complexity index is 1260. The number of nitrogens with zero attached hydrogens (tertiary/aromatic N) is 2. The maximum atomic E-state index is 12.9. The van der Waals surface area contributed by atoms with Gasteiger partial charge >= 0.3 is 0 Å². The topological polar surface area (TPSA) is 77.8 Å². The Morgan fingerprint density at radius 1 is 0.935 bits per heavy atom. The molecule has 2 aromatic carbocycles. The van der Waals surface area contributed by atoms with Crippen molar-refractivity contribution >= 4 is 10.0 Å². The standard InChI is InChI=1S/C23H24N2O5S/c1-16-6-4-5-7-22(16)30-18-8-10-21(11-9-18)31(27,28)25-14-20(15-25)29-19-12-17(2)24(3)23(26)13-19/h4-13,20H,14-15H2,1-3H3. The third-order valence-corrected chi connectivity index (χ3v) is 7.22. The van der Waals surface area contributed by atoms with Gasteiger partial charge in [0.1, 0.15) is 23.4 Å². The fraction of sp³-hybridized carbons (Fsp3) is 0.261. The molecule has 3 aromatic rings. The highest BCUT2D eigenvalue weighted by atomic mass is 32.2. The molecule has 0 saturated carbocycles. The normalized spacial score (nSPS) is 14.8. The van der Waals surface area contributed by atoms with Gasteiger partial charge in [0, 0.05) is 18.8 Å². The quantitative estimate of drug-likeness (QED) is 0.588. The van der Waals surface area contributed by atoms with Crippen LogP contribution in [0.15, 0.2) is 70.4 Å². The van der Waals surface area contributed by atoms with Crippen molar-refractivity contribution in [2.24, 2.45) is 7.05 Å². The zero-order valence-corrected chi connectivity index (χ0v) is 18.4. The summed E-state index contributed by atoms with van der Waals surface area (Å²) in [5.41, 5.74) is 1.61. The van der Waals surface area contributed by atoms with Crippen LogP contribution in [0, 0.1) is 13.8 Å². The Balaban J connectivity index is 1.39. The fourth-order valence-corrected chi connectivity index (χ4v) is 4.80. The number of aromatic nitrogens is 1. The zero-order valence-electron chi connectivity index (χ0n) is 17.6. The van der Waals surface area contributed by atoms with Crippen LogP contribution in [0.5, 0.6) is 17.2 Å². The van der Waals surface area contributed by atoms with Gasteiger partial charge < -0.3 is 14.0 Å². The summed E-state index contributed by atoms with van der Waals surface area (Å²) in [4.78, 5) is 12.1. The van der Waals surface area contributed by atoms with Crippen molar-refractivity contribution in [3.05, 3.63) is 82.3 Å². The first kappa shape index (κ1) is 21.1. The molecule has 1 fully saturated rings. The predicted molar refractivity (Wildman–Crippen MR) is 117 cm³/mol. The van der Waals surface area contributed by atoms with Crippen molar-refractivity contribution in [1.82, 2.24) is 8.87 Å². The van der Waals surface area contributed by atoms with Crippen LogP contribution in [-0.4, -0.2) is 36.5 Å². The van der Waals surface area contributed by atoms with Gasteiger partial charge in [-0.05, 0) is 55.8 Å². The van der Waals surface area contributed by atoms with Crippen molar-refractivity contribution in [1.29, 1.82) is 0 Å². The molecule has 0 radical (unpaired) electrons. The molecule has 0 amide bonds. The number of para-hydroxylation sites is 1. The van der Waals surface area contributed by atoms with Crippen LogP contribution < -0.4 is 15.0 Å². The molecule has 0 aliphatic carbocycles. The lowest BCUT2D eigenvalue weighted by Crippen LogP contribution is -2.56. The molecule has 162 valence electrons. The average Bonchev–Trinajstić information content (AvgIpc) is 2.70. The second kappa shape index (κ2) is 8.20. The van der Waals surface area contributed by atoms with Gasteiger partial charge in [0.25, 0.3) is 5.56 Å². The molecule has 0 atom stereocenters. The van der Waals surface area contributed by atoms with E-state index >= 15 is 0 Å². The minimum Gasteiger partial charge on any atom is -0.487 e. The summed E-state index contributed by atoms with van der Waals surface area (Å²) in [5, 5.41) is 0. The number of benzene rings is 2. The SMILES string of the molecule is Cc1ccccc1Oc1ccc(S(=O)(=O)N2CC(Oc3cc(C)n(C)c(=O)c3)C2)cc1. The molecule has 0 unspecified atom stereocenters. The Morgan fingerprint density at radius 3 is 2.26 bits per heavy atom. The lowest BCUT2D eigenvalue weighted by molar-refractivity contribution is 0.0759. The van der Waals surface area contributed by atoms with Crippen molar-refractivity contribution in [2.45, 2.75) is 24.8 Å². The summed E-state index contributed by atoms with van der Waals surface area (Å²) in [6.45, 7) is 4.24. The Hall–Kier alpha value is -3.10. The smallest absolute Gasteiger partial charge is 0.254 e. The van der Waals surface area contributed by atoms with Crippen LogP contribution in [0.4, 0.5) is 0 Å². The van der Waals surface area contributed by atoms with Crippen LogP contribution >= 0.6 is 0 Å². The van der Waals surface area contributed by atoms with E-state index in [1.807, 2.05) is 38.1 Å². The number of rotatable bonds is 6. The first-order valence-corrected chi connectivity index (χ1v) is 11.4. The summed E-state index contributed by atoms with van der Waals surface area (Å²) in [5.74, 6) is 1.76. The minimum absolute atomic E-state index is 0.160. The van der Waals surface area contributed by atoms with E-state index in [4.69, 9.17) is 9.47 Å². The lowest BCUT2D eigenvalue weighted by Gasteiger charge is -2.37. The highest BCUT2D eigenvalue weighted by molar-refractivity contribution is 7.89. The molecular formula is C23H24N2O5S. The van der Waals surface area contributed by atoms with Crippen LogP contribution in [-0.2, 0) is 17.1 Å². The molecule has 0 N–H and O–H groups in total. The number of pyridine rings is 1. The van der Waals surface area contributed by atoms with Gasteiger partial charge in [-0.15, -0.1) is 0 Å². The second-order valence-corrected chi connectivity index (χ2v) is 9.57. The van der Waals surface area contributed by atoms with Crippen LogP contribution in [0.3, 0.4) is 0 Å². The van der Waals surface area contributed by atoms with E-state index in [9.17, 15) is 13.2 Å². The van der Waals surface area contributed by atoms with Gasteiger partial charge in [-0.2, -0.15) is 4.31 Å². The molecule has 2 heterocycles. The highest BCUT2D eigenvalue weighted by Crippen LogP contribution is 2.28. The van der Waals surface area contributed by atoms with Crippen LogP contribution in [0.2, 0.25) is 0 Å². The van der Waals surface area contributed by atoms with E-state index in [1.54, 1.807) is 37.4 Å². The predicted octanol–water partition coefficient (Wildman–Crippen LogP) is 3.25. The van der Waals surface area contributed by atoms with Gasteiger partial charge in [-0.1, -0.05) is 18.2 Å². The van der Waals surface area contributed by atoms with Gasteiger partial charge in [-0.3, -0.25) is 4.79 Å². The van der Waals surface area contributed by atoms with Crippen molar-refractivity contribution < 1.29 is 17.9 Å². The molecule has 1 aromatic heterocycles. The first-order valence-electron chi connectivity index (χ1n) is 9.92. The van der Waals surface area contributed by atoms with E-state index < -0.39 is 10.0 Å². The molecule has 8 heteroatoms. The van der Waals surface area contributed by atoms with Crippen molar-refractivity contribution in [3.63, 3.8) is 0 Å². The number of ether oxygens (including phenoxy) is 2. The maximum Gasteiger partial charge on any atom is 0.254 e. The third kappa shape index (κ3) is 4.35. The molecule has 31 heavy (non-hydrogen) atoms. The lowest BCUT2D eigenvalue weighted by atomic mass is 10.2. The molecule has 4 rings (SSSR count). The van der Waals surface area contributed by atoms with Gasteiger partial charge in [0.15, 0.2) is 0 Å². The van der Waals surface area contributed by atoms with E-state index in [1.165, 1.54) is 14.9 Å². The molecular weight excluding hydrogens is 416 g/mol. The van der Waals surface area contributed by atoms with E-state index in [2.05, 4.69) is 0 Å². The molecule has 0 bridgehead atoms. The molecule has 1 saturated heterocycles. The number of sulfonamides is 1. The summed E-state index contributed by atoms with van der Waals surface area (Å²) in [7, 11) is -1.93. The van der Waals surface area contributed by atoms with Crippen molar-refractivity contribution in [3.8, 4) is 17.2 Å². The number of hydrogen-bond acceptors (Lipinski definition) is 5. The van der Waals surface area contributed by atoms with Gasteiger partial charge in [0.05, 0.1) is 18.0 Å². The van der Waals surface area contributed by atoms with Crippen LogP contribution in [0.1, 0.15) is 11.3 Å². The third-order valence-electron chi connectivity index (χ3n) is 5.38. The Morgan fingerprint density at radius 2 is 1.61 bits per heavy atom. The largest absolute Gasteiger partial charge is 0.487 e. The zero-order chi connectivity index (χ0) is 22.2. The number of hydrogen-bond donors (Lipinski definition) is 0. The van der Waals surface area contributed by atoms with Gasteiger partial charge in [-0.25, -0.2) is 8.42 Å². The molecule has 1 aliphatic rings. The first-order chi connectivity index (χ1) is 14.7. The fourth-order valence-electron chi connectivity index (χ4n) is 3.30. The Labute approximate surface area is 181 Å². The average molecular weight is 441 g/mol. The highest BCUT2D eigenvalue weighted by Gasteiger charge is 2.38. The van der Waals surface area contributed by atoms with Gasteiger partial charge in [0.2, 0.25) is 10.0 Å². The summed E-state index contributed by atoms with van der Waals surface area (Å²) in [6.07, 6.45) is -0.287. The van der Waals surface area contributed by atoms with Crippen molar-refractivity contribution in [2.75, 3.05) is 13.1 Å². The minimum atomic E-state index is -3.62. The second-order valence-electron chi connectivity index (χ2n) is 7.63. The van der Waals surface area contributed by atoms with Crippen LogP contribution in [0.25, 0.3) is 0 Å². The van der Waals surface area contributed by atoms with E-state index in [-0.39, 0.29) is 29.6 Å². The summed E-state index contributed by atoms with van der Waals surface area (Å²) >= 11 is 0. The Kier molecular flexibility index (Phi) is 5.60.